The maximum Gasteiger partial charge on any atom is 0.305 e. The zero-order valence-electron chi connectivity index (χ0n) is 9.99. The third-order valence-electron chi connectivity index (χ3n) is 1.76. The van der Waals surface area contributed by atoms with E-state index in [9.17, 15) is 9.59 Å². The van der Waals surface area contributed by atoms with Crippen LogP contribution in [0.1, 0.15) is 33.1 Å². The van der Waals surface area contributed by atoms with Gasteiger partial charge in [-0.15, -0.1) is 0 Å². The molecule has 0 aromatic carbocycles. The van der Waals surface area contributed by atoms with E-state index in [1.807, 2.05) is 6.92 Å². The molecular weight excluding hydrogens is 212 g/mol. The van der Waals surface area contributed by atoms with E-state index in [0.717, 1.165) is 12.8 Å². The predicted octanol–water partition coefficient (Wildman–Crippen LogP) is 1.30. The molecule has 0 aromatic heterocycles. The molecule has 0 aliphatic heterocycles. The second-order valence-corrected chi connectivity index (χ2v) is 3.28. The van der Waals surface area contributed by atoms with Crippen molar-refractivity contribution in [3.05, 3.63) is 0 Å². The first-order valence-electron chi connectivity index (χ1n) is 5.53. The van der Waals surface area contributed by atoms with Crippen molar-refractivity contribution in [2.45, 2.75) is 33.1 Å². The Morgan fingerprint density at radius 2 is 1.62 bits per heavy atom. The Hall–Kier alpha value is -1.10. The summed E-state index contributed by atoms with van der Waals surface area (Å²) in [6, 6.07) is 0. The van der Waals surface area contributed by atoms with Gasteiger partial charge in [0.05, 0.1) is 13.2 Å². The van der Waals surface area contributed by atoms with Gasteiger partial charge in [-0.2, -0.15) is 0 Å². The van der Waals surface area contributed by atoms with Crippen LogP contribution in [0.5, 0.6) is 0 Å². The van der Waals surface area contributed by atoms with Crippen LogP contribution in [0, 0.1) is 0 Å². The van der Waals surface area contributed by atoms with E-state index in [-0.39, 0.29) is 25.2 Å². The second-order valence-electron chi connectivity index (χ2n) is 3.28. The van der Waals surface area contributed by atoms with E-state index >= 15 is 0 Å². The zero-order chi connectivity index (χ0) is 12.2. The fraction of sp³-hybridized carbons (Fsp3) is 0.818. The van der Waals surface area contributed by atoms with Crippen LogP contribution < -0.4 is 0 Å². The van der Waals surface area contributed by atoms with Gasteiger partial charge < -0.3 is 14.2 Å². The van der Waals surface area contributed by atoms with Crippen LogP contribution in [0.2, 0.25) is 0 Å². The average Bonchev–Trinajstić information content (AvgIpc) is 2.24. The Bertz CT molecular complexity index is 203. The molecule has 0 saturated heterocycles. The molecule has 0 radical (unpaired) electrons. The van der Waals surface area contributed by atoms with E-state index in [2.05, 4.69) is 4.74 Å². The summed E-state index contributed by atoms with van der Waals surface area (Å²) in [5.74, 6) is -0.514. The van der Waals surface area contributed by atoms with Crippen LogP contribution in [0.25, 0.3) is 0 Å². The van der Waals surface area contributed by atoms with Crippen LogP contribution in [-0.4, -0.2) is 38.4 Å². The minimum absolute atomic E-state index is 0.189. The number of hydrogen-bond donors (Lipinski definition) is 0. The molecule has 0 spiro atoms. The van der Waals surface area contributed by atoms with Crippen LogP contribution in [0.3, 0.4) is 0 Å². The number of hydrogen-bond acceptors (Lipinski definition) is 5. The van der Waals surface area contributed by atoms with Crippen LogP contribution in [0.4, 0.5) is 0 Å². The number of rotatable bonds is 9. The molecule has 0 aliphatic rings. The minimum Gasteiger partial charge on any atom is -0.463 e. The van der Waals surface area contributed by atoms with E-state index in [0.29, 0.717) is 19.6 Å². The van der Waals surface area contributed by atoms with E-state index in [1.165, 1.54) is 6.92 Å². The first-order valence-corrected chi connectivity index (χ1v) is 5.53. The molecule has 0 aromatic rings. The number of carbonyl (C=O) groups excluding carboxylic acids is 2. The summed E-state index contributed by atoms with van der Waals surface area (Å²) < 4.78 is 14.6. The Kier molecular flexibility index (Phi) is 9.70. The Morgan fingerprint density at radius 3 is 2.19 bits per heavy atom. The minimum atomic E-state index is -0.324. The molecule has 5 heteroatoms. The molecule has 0 aliphatic carbocycles. The maximum absolute atomic E-state index is 11.0. The van der Waals surface area contributed by atoms with Crippen LogP contribution >= 0.6 is 0 Å². The highest BCUT2D eigenvalue weighted by atomic mass is 16.6. The monoisotopic (exact) mass is 232 g/mol. The number of unbranched alkanes of at least 4 members (excludes halogenated alkanes) is 1. The summed E-state index contributed by atoms with van der Waals surface area (Å²) in [5.41, 5.74) is 0. The summed E-state index contributed by atoms with van der Waals surface area (Å²) >= 11 is 0. The standard InChI is InChI=1S/C11H20O5/c1-3-4-5-11(13)16-9-7-14-6-8-15-10(2)12/h3-9H2,1-2H3. The van der Waals surface area contributed by atoms with Crippen molar-refractivity contribution in [3.8, 4) is 0 Å². The molecule has 0 bridgehead atoms. The lowest BCUT2D eigenvalue weighted by Crippen LogP contribution is -2.13. The lowest BCUT2D eigenvalue weighted by atomic mass is 10.2. The fourth-order valence-electron chi connectivity index (χ4n) is 0.954. The molecule has 0 amide bonds. The lowest BCUT2D eigenvalue weighted by Gasteiger charge is -2.05. The maximum atomic E-state index is 11.0. The number of carbonyl (C=O) groups is 2. The van der Waals surface area contributed by atoms with E-state index in [4.69, 9.17) is 9.47 Å². The van der Waals surface area contributed by atoms with Gasteiger partial charge in [0.15, 0.2) is 0 Å². The summed E-state index contributed by atoms with van der Waals surface area (Å²) in [4.78, 5) is 21.4. The lowest BCUT2D eigenvalue weighted by molar-refractivity contribution is -0.145. The van der Waals surface area contributed by atoms with Crippen molar-refractivity contribution in [3.63, 3.8) is 0 Å². The molecular formula is C11H20O5. The van der Waals surface area contributed by atoms with Gasteiger partial charge in [0.25, 0.3) is 0 Å². The smallest absolute Gasteiger partial charge is 0.305 e. The van der Waals surface area contributed by atoms with Gasteiger partial charge in [0, 0.05) is 13.3 Å². The van der Waals surface area contributed by atoms with E-state index in [1.54, 1.807) is 0 Å². The van der Waals surface area contributed by atoms with Crippen LogP contribution in [-0.2, 0) is 23.8 Å². The zero-order valence-corrected chi connectivity index (χ0v) is 9.99. The molecule has 0 saturated carbocycles. The van der Waals surface area contributed by atoms with Gasteiger partial charge in [-0.25, -0.2) is 0 Å². The molecule has 0 rings (SSSR count). The normalized spacial score (nSPS) is 9.88. The third kappa shape index (κ3) is 11.0. The highest BCUT2D eigenvalue weighted by molar-refractivity contribution is 5.69. The summed E-state index contributed by atoms with van der Waals surface area (Å²) in [7, 11) is 0. The molecule has 16 heavy (non-hydrogen) atoms. The first kappa shape index (κ1) is 14.9. The van der Waals surface area contributed by atoms with Crippen molar-refractivity contribution >= 4 is 11.9 Å². The molecule has 0 heterocycles. The second kappa shape index (κ2) is 10.4. The third-order valence-corrected chi connectivity index (χ3v) is 1.76. The SMILES string of the molecule is CCCCC(=O)OCCOCCOC(C)=O. The van der Waals surface area contributed by atoms with Gasteiger partial charge in [-0.05, 0) is 6.42 Å². The molecule has 0 unspecified atom stereocenters. The van der Waals surface area contributed by atoms with Crippen molar-refractivity contribution < 1.29 is 23.8 Å². The summed E-state index contributed by atoms with van der Waals surface area (Å²) in [5, 5.41) is 0. The highest BCUT2D eigenvalue weighted by Gasteiger charge is 2.00. The molecule has 5 nitrogen and oxygen atoms in total. The Balaban J connectivity index is 3.14. The van der Waals surface area contributed by atoms with Gasteiger partial charge in [-0.3, -0.25) is 9.59 Å². The van der Waals surface area contributed by atoms with Crippen molar-refractivity contribution in [2.24, 2.45) is 0 Å². The van der Waals surface area contributed by atoms with Crippen molar-refractivity contribution in [1.82, 2.24) is 0 Å². The van der Waals surface area contributed by atoms with Crippen LogP contribution in [0.15, 0.2) is 0 Å². The topological polar surface area (TPSA) is 61.8 Å². The molecule has 0 fully saturated rings. The van der Waals surface area contributed by atoms with Crippen molar-refractivity contribution in [1.29, 1.82) is 0 Å². The average molecular weight is 232 g/mol. The van der Waals surface area contributed by atoms with Gasteiger partial charge in [0.1, 0.15) is 13.2 Å². The van der Waals surface area contributed by atoms with Crippen molar-refractivity contribution in [2.75, 3.05) is 26.4 Å². The summed E-state index contributed by atoms with van der Waals surface area (Å²) in [6.45, 7) is 4.51. The van der Waals surface area contributed by atoms with Gasteiger partial charge in [-0.1, -0.05) is 13.3 Å². The Morgan fingerprint density at radius 1 is 1.00 bits per heavy atom. The van der Waals surface area contributed by atoms with E-state index < -0.39 is 0 Å². The largest absolute Gasteiger partial charge is 0.463 e. The summed E-state index contributed by atoms with van der Waals surface area (Å²) in [6.07, 6.45) is 2.30. The molecule has 0 atom stereocenters. The predicted molar refractivity (Wildman–Crippen MR) is 57.9 cm³/mol. The first-order chi connectivity index (χ1) is 7.66. The van der Waals surface area contributed by atoms with Gasteiger partial charge in [0.2, 0.25) is 0 Å². The fourth-order valence-corrected chi connectivity index (χ4v) is 0.954. The number of ether oxygens (including phenoxy) is 3. The quantitative estimate of drug-likeness (QED) is 0.443. The molecule has 94 valence electrons. The molecule has 0 N–H and O–H groups in total. The highest BCUT2D eigenvalue weighted by Crippen LogP contribution is 1.96. The Labute approximate surface area is 96.1 Å². The number of esters is 2. The van der Waals surface area contributed by atoms with Gasteiger partial charge >= 0.3 is 11.9 Å².